The van der Waals surface area contributed by atoms with Gasteiger partial charge in [0.05, 0.1) is 12.6 Å². The van der Waals surface area contributed by atoms with E-state index in [2.05, 4.69) is 34.1 Å². The Morgan fingerprint density at radius 3 is 2.71 bits per heavy atom. The Morgan fingerprint density at radius 1 is 1.17 bits per heavy atom. The molecule has 3 nitrogen and oxygen atoms in total. The van der Waals surface area contributed by atoms with Crippen molar-refractivity contribution >= 4 is 21.8 Å². The van der Waals surface area contributed by atoms with E-state index < -0.39 is 0 Å². The van der Waals surface area contributed by atoms with Crippen LogP contribution in [0.4, 0.5) is 0 Å². The van der Waals surface area contributed by atoms with Gasteiger partial charge in [-0.05, 0) is 35.6 Å². The van der Waals surface area contributed by atoms with E-state index in [9.17, 15) is 9.90 Å². The molecule has 0 bridgehead atoms. The second-order valence-electron chi connectivity index (χ2n) is 6.64. The van der Waals surface area contributed by atoms with Crippen molar-refractivity contribution in [2.45, 2.75) is 37.3 Å². The number of aryl methyl sites for hydroxylation is 1. The van der Waals surface area contributed by atoms with E-state index in [0.717, 1.165) is 22.9 Å². The van der Waals surface area contributed by atoms with Gasteiger partial charge in [-0.2, -0.15) is 0 Å². The molecule has 4 rings (SSSR count). The van der Waals surface area contributed by atoms with Crippen molar-refractivity contribution in [3.05, 3.63) is 69.7 Å². The predicted octanol–water partition coefficient (Wildman–Crippen LogP) is 3.81. The van der Waals surface area contributed by atoms with E-state index in [4.69, 9.17) is 0 Å². The fourth-order valence-electron chi connectivity index (χ4n) is 4.40. The van der Waals surface area contributed by atoms with Crippen LogP contribution in [0.5, 0.6) is 0 Å². The molecule has 1 fully saturated rings. The van der Waals surface area contributed by atoms with Crippen LogP contribution in [0.15, 0.2) is 53.0 Å². The highest BCUT2D eigenvalue weighted by Crippen LogP contribution is 2.47. The van der Waals surface area contributed by atoms with E-state index >= 15 is 0 Å². The first-order valence-electron chi connectivity index (χ1n) is 8.45. The summed E-state index contributed by atoms with van der Waals surface area (Å²) in [5.74, 6) is 0.367. The maximum absolute atomic E-state index is 12.8. The van der Waals surface area contributed by atoms with Crippen LogP contribution in [0.3, 0.4) is 0 Å². The number of hydrogen-bond acceptors (Lipinski definition) is 2. The summed E-state index contributed by atoms with van der Waals surface area (Å²) in [5, 5.41) is 9.99. The quantitative estimate of drug-likeness (QED) is 0.872. The van der Waals surface area contributed by atoms with Gasteiger partial charge < -0.3 is 10.0 Å². The van der Waals surface area contributed by atoms with Crippen molar-refractivity contribution < 1.29 is 9.90 Å². The summed E-state index contributed by atoms with van der Waals surface area (Å²) in [5.41, 5.74) is 3.64. The van der Waals surface area contributed by atoms with Gasteiger partial charge in [-0.3, -0.25) is 4.79 Å². The second-order valence-corrected chi connectivity index (χ2v) is 7.49. The molecule has 1 saturated heterocycles. The minimum Gasteiger partial charge on any atom is -0.394 e. The Hall–Kier alpha value is -1.65. The Kier molecular flexibility index (Phi) is 4.19. The molecule has 1 heterocycles. The Morgan fingerprint density at radius 2 is 1.96 bits per heavy atom. The summed E-state index contributed by atoms with van der Waals surface area (Å²) < 4.78 is 1.10. The molecule has 0 radical (unpaired) electrons. The molecule has 3 atom stereocenters. The highest BCUT2D eigenvalue weighted by molar-refractivity contribution is 9.10. The van der Waals surface area contributed by atoms with Crippen LogP contribution >= 0.6 is 15.9 Å². The Balaban J connectivity index is 1.72. The molecule has 1 amide bonds. The summed E-state index contributed by atoms with van der Waals surface area (Å²) >= 11 is 3.68. The van der Waals surface area contributed by atoms with Gasteiger partial charge in [-0.15, -0.1) is 0 Å². The number of carbonyl (C=O) groups is 1. The summed E-state index contributed by atoms with van der Waals surface area (Å²) in [6, 6.07) is 16.1. The van der Waals surface area contributed by atoms with Crippen molar-refractivity contribution in [1.82, 2.24) is 4.90 Å². The Bertz CT molecular complexity index is 761. The molecule has 0 unspecified atom stereocenters. The van der Waals surface area contributed by atoms with E-state index in [-0.39, 0.29) is 30.5 Å². The molecule has 0 spiro atoms. The standard InChI is InChI=1S/C20H20BrNO2/c21-16-8-4-7-14-9-10-17-15(20(14)16)11-19(24)22(17)18(12-23)13-5-2-1-3-6-13/h1-8,15,17-18,23H,9-12H2/t15-,17-,18+/m1/s1. The van der Waals surface area contributed by atoms with Crippen molar-refractivity contribution in [3.63, 3.8) is 0 Å². The highest BCUT2D eigenvalue weighted by atomic mass is 79.9. The highest BCUT2D eigenvalue weighted by Gasteiger charge is 2.46. The average molecular weight is 386 g/mol. The zero-order valence-corrected chi connectivity index (χ0v) is 14.9. The van der Waals surface area contributed by atoms with E-state index in [0.29, 0.717) is 6.42 Å². The van der Waals surface area contributed by atoms with Gasteiger partial charge in [0.25, 0.3) is 0 Å². The molecule has 0 aromatic heterocycles. The largest absolute Gasteiger partial charge is 0.394 e. The van der Waals surface area contributed by atoms with Crippen LogP contribution in [0.2, 0.25) is 0 Å². The number of aliphatic hydroxyl groups is 1. The molecule has 1 aliphatic carbocycles. The number of likely N-dealkylation sites (tertiary alicyclic amines) is 1. The average Bonchev–Trinajstić information content (AvgIpc) is 2.93. The molecular weight excluding hydrogens is 366 g/mol. The summed E-state index contributed by atoms with van der Waals surface area (Å²) in [4.78, 5) is 14.8. The van der Waals surface area contributed by atoms with Crippen LogP contribution in [-0.4, -0.2) is 28.6 Å². The number of benzene rings is 2. The van der Waals surface area contributed by atoms with E-state index in [1.54, 1.807) is 0 Å². The minimum atomic E-state index is -0.252. The molecular formula is C20H20BrNO2. The molecule has 0 saturated carbocycles. The van der Waals surface area contributed by atoms with Crippen LogP contribution in [0, 0.1) is 0 Å². The second kappa shape index (κ2) is 6.34. The summed E-state index contributed by atoms with van der Waals surface area (Å²) in [6.45, 7) is -0.0399. The summed E-state index contributed by atoms with van der Waals surface area (Å²) in [6.07, 6.45) is 2.47. The molecule has 2 aromatic rings. The predicted molar refractivity (Wildman–Crippen MR) is 96.7 cm³/mol. The lowest BCUT2D eigenvalue weighted by Crippen LogP contribution is -2.41. The third-order valence-corrected chi connectivity index (χ3v) is 6.11. The lowest BCUT2D eigenvalue weighted by molar-refractivity contribution is -0.132. The van der Waals surface area contributed by atoms with Crippen LogP contribution < -0.4 is 0 Å². The number of nitrogens with zero attached hydrogens (tertiary/aromatic N) is 1. The monoisotopic (exact) mass is 385 g/mol. The third kappa shape index (κ3) is 2.49. The van der Waals surface area contributed by atoms with Gasteiger partial charge in [0.1, 0.15) is 0 Å². The van der Waals surface area contributed by atoms with Gasteiger partial charge in [-0.25, -0.2) is 0 Å². The molecule has 2 aliphatic rings. The van der Waals surface area contributed by atoms with Gasteiger partial charge in [0, 0.05) is 22.9 Å². The van der Waals surface area contributed by atoms with Gasteiger partial charge in [0.15, 0.2) is 0 Å². The van der Waals surface area contributed by atoms with Crippen molar-refractivity contribution in [3.8, 4) is 0 Å². The van der Waals surface area contributed by atoms with Crippen molar-refractivity contribution in [1.29, 1.82) is 0 Å². The van der Waals surface area contributed by atoms with E-state index in [1.165, 1.54) is 11.1 Å². The number of amides is 1. The first kappa shape index (κ1) is 15.9. The first-order valence-corrected chi connectivity index (χ1v) is 9.24. The summed E-state index contributed by atoms with van der Waals surface area (Å²) in [7, 11) is 0. The SMILES string of the molecule is O=C1C[C@H]2c3c(Br)cccc3CC[C@H]2N1[C@@H](CO)c1ccccc1. The number of carbonyl (C=O) groups excluding carboxylic acids is 1. The minimum absolute atomic E-state index is 0.0399. The zero-order chi connectivity index (χ0) is 16.7. The number of hydrogen-bond donors (Lipinski definition) is 1. The number of fused-ring (bicyclic) bond motifs is 3. The molecule has 24 heavy (non-hydrogen) atoms. The zero-order valence-electron chi connectivity index (χ0n) is 13.4. The molecule has 1 aliphatic heterocycles. The maximum Gasteiger partial charge on any atom is 0.224 e. The Labute approximate surface area is 150 Å². The smallest absolute Gasteiger partial charge is 0.224 e. The van der Waals surface area contributed by atoms with Crippen molar-refractivity contribution in [2.75, 3.05) is 6.61 Å². The fraction of sp³-hybridized carbons (Fsp3) is 0.350. The lowest BCUT2D eigenvalue weighted by Gasteiger charge is -2.37. The van der Waals surface area contributed by atoms with Gasteiger partial charge >= 0.3 is 0 Å². The number of halogens is 1. The van der Waals surface area contributed by atoms with Gasteiger partial charge in [0.2, 0.25) is 5.91 Å². The topological polar surface area (TPSA) is 40.5 Å². The molecule has 2 aromatic carbocycles. The van der Waals surface area contributed by atoms with Crippen LogP contribution in [-0.2, 0) is 11.2 Å². The number of aliphatic hydroxyl groups excluding tert-OH is 1. The number of rotatable bonds is 3. The van der Waals surface area contributed by atoms with Crippen molar-refractivity contribution in [2.24, 2.45) is 0 Å². The fourth-order valence-corrected chi connectivity index (χ4v) is 5.10. The normalized spacial score (nSPS) is 23.8. The maximum atomic E-state index is 12.8. The lowest BCUT2D eigenvalue weighted by atomic mass is 9.79. The van der Waals surface area contributed by atoms with E-state index in [1.807, 2.05) is 35.2 Å². The molecule has 1 N–H and O–H groups in total. The van der Waals surface area contributed by atoms with Gasteiger partial charge in [-0.1, -0.05) is 58.4 Å². The first-order chi connectivity index (χ1) is 11.7. The molecule has 124 valence electrons. The van der Waals surface area contributed by atoms with Crippen LogP contribution in [0.25, 0.3) is 0 Å². The third-order valence-electron chi connectivity index (χ3n) is 5.42. The van der Waals surface area contributed by atoms with Crippen LogP contribution in [0.1, 0.15) is 41.5 Å². The molecule has 4 heteroatoms.